The van der Waals surface area contributed by atoms with Crippen LogP contribution in [0.2, 0.25) is 0 Å². The molecular formula is C26H36N2O. The summed E-state index contributed by atoms with van der Waals surface area (Å²) >= 11 is 0. The van der Waals surface area contributed by atoms with E-state index < -0.39 is 5.41 Å². The van der Waals surface area contributed by atoms with E-state index in [1.807, 2.05) is 43.3 Å². The number of unbranched alkanes of at least 4 members (excludes halogenated alkanes) is 2. The van der Waals surface area contributed by atoms with Gasteiger partial charge in [-0.25, -0.2) is 0 Å². The number of carbonyl (C=O) groups excluding carboxylic acids is 1. The molecule has 0 saturated carbocycles. The van der Waals surface area contributed by atoms with Gasteiger partial charge in [0.2, 0.25) is 0 Å². The standard InChI is InChI=1S/C21H27NO.C5H9N/c1-5-20(23)21(16-17(2)22(3)4,18-12-8-6-9-13-18)19-14-10-7-11-15-19;1-2-3-4-5-6/h6-15,17H,5,16H2,1-4H3;2-4H2,1H3. The topological polar surface area (TPSA) is 44.1 Å². The molecule has 0 spiro atoms. The lowest BCUT2D eigenvalue weighted by atomic mass is 9.67. The van der Waals surface area contributed by atoms with E-state index in [2.05, 4.69) is 63.2 Å². The number of nitrogens with zero attached hydrogens (tertiary/aromatic N) is 2. The van der Waals surface area contributed by atoms with E-state index in [1.165, 1.54) is 0 Å². The molecule has 0 aliphatic heterocycles. The van der Waals surface area contributed by atoms with Crippen molar-refractivity contribution < 1.29 is 4.79 Å². The Hall–Kier alpha value is -2.44. The lowest BCUT2D eigenvalue weighted by molar-refractivity contribution is -0.123. The number of Topliss-reactive ketones (excluding diaryl/α,β-unsaturated/α-hetero) is 1. The second-order valence-corrected chi connectivity index (χ2v) is 7.69. The number of ketones is 1. The molecule has 3 heteroatoms. The van der Waals surface area contributed by atoms with Crippen LogP contribution in [0.15, 0.2) is 60.7 Å². The Morgan fingerprint density at radius 1 is 1.00 bits per heavy atom. The minimum absolute atomic E-state index is 0.281. The Morgan fingerprint density at radius 3 is 1.79 bits per heavy atom. The zero-order chi connectivity index (χ0) is 21.7. The van der Waals surface area contributed by atoms with Gasteiger partial charge < -0.3 is 4.90 Å². The lowest BCUT2D eigenvalue weighted by Gasteiger charge is -2.37. The normalized spacial score (nSPS) is 11.9. The summed E-state index contributed by atoms with van der Waals surface area (Å²) in [4.78, 5) is 15.4. The molecule has 0 aromatic heterocycles. The summed E-state index contributed by atoms with van der Waals surface area (Å²) in [6, 6.07) is 22.8. The quantitative estimate of drug-likeness (QED) is 0.492. The van der Waals surface area contributed by atoms with E-state index >= 15 is 0 Å². The van der Waals surface area contributed by atoms with E-state index in [-0.39, 0.29) is 5.78 Å². The van der Waals surface area contributed by atoms with Gasteiger partial charge in [0, 0.05) is 18.9 Å². The van der Waals surface area contributed by atoms with Crippen molar-refractivity contribution in [3.05, 3.63) is 71.8 Å². The maximum atomic E-state index is 13.2. The van der Waals surface area contributed by atoms with Gasteiger partial charge in [-0.05, 0) is 45.0 Å². The van der Waals surface area contributed by atoms with Gasteiger partial charge in [0.1, 0.15) is 5.78 Å². The highest BCUT2D eigenvalue weighted by Crippen LogP contribution is 2.39. The molecule has 2 aromatic carbocycles. The third-order valence-electron chi connectivity index (χ3n) is 5.46. The average Bonchev–Trinajstić information content (AvgIpc) is 2.76. The van der Waals surface area contributed by atoms with Crippen molar-refractivity contribution in [2.24, 2.45) is 0 Å². The second-order valence-electron chi connectivity index (χ2n) is 7.69. The number of hydrogen-bond acceptors (Lipinski definition) is 3. The molecule has 0 bridgehead atoms. The van der Waals surface area contributed by atoms with Gasteiger partial charge in [-0.15, -0.1) is 0 Å². The highest BCUT2D eigenvalue weighted by atomic mass is 16.1. The van der Waals surface area contributed by atoms with Crippen molar-refractivity contribution >= 4 is 5.78 Å². The van der Waals surface area contributed by atoms with Crippen LogP contribution in [0, 0.1) is 11.3 Å². The Bertz CT molecular complexity index is 708. The van der Waals surface area contributed by atoms with Crippen molar-refractivity contribution in [1.82, 2.24) is 4.90 Å². The number of carbonyl (C=O) groups is 1. The summed E-state index contributed by atoms with van der Waals surface area (Å²) in [5.41, 5.74) is 1.60. The van der Waals surface area contributed by atoms with Crippen LogP contribution >= 0.6 is 0 Å². The fourth-order valence-corrected chi connectivity index (χ4v) is 3.47. The summed E-state index contributed by atoms with van der Waals surface area (Å²) in [6.07, 6.45) is 4.21. The first-order valence-electron chi connectivity index (χ1n) is 10.6. The van der Waals surface area contributed by atoms with Gasteiger partial charge in [0.15, 0.2) is 0 Å². The lowest BCUT2D eigenvalue weighted by Crippen LogP contribution is -2.42. The van der Waals surface area contributed by atoms with Gasteiger partial charge in [0.05, 0.1) is 11.5 Å². The molecule has 3 nitrogen and oxygen atoms in total. The first-order valence-corrected chi connectivity index (χ1v) is 10.6. The Balaban J connectivity index is 0.000000612. The molecule has 156 valence electrons. The van der Waals surface area contributed by atoms with Crippen LogP contribution < -0.4 is 0 Å². The minimum atomic E-state index is -0.582. The molecule has 0 aliphatic carbocycles. The average molecular weight is 393 g/mol. The van der Waals surface area contributed by atoms with Crippen LogP contribution in [-0.4, -0.2) is 30.8 Å². The first-order chi connectivity index (χ1) is 13.9. The largest absolute Gasteiger partial charge is 0.307 e. The molecular weight excluding hydrogens is 356 g/mol. The number of hydrogen-bond donors (Lipinski definition) is 0. The zero-order valence-corrected chi connectivity index (χ0v) is 18.7. The van der Waals surface area contributed by atoms with Gasteiger partial charge in [0.25, 0.3) is 0 Å². The molecule has 1 unspecified atom stereocenters. The van der Waals surface area contributed by atoms with E-state index in [9.17, 15) is 4.79 Å². The molecule has 0 amide bonds. The fraction of sp³-hybridized carbons (Fsp3) is 0.462. The molecule has 0 heterocycles. The number of rotatable bonds is 9. The Morgan fingerprint density at radius 2 is 1.48 bits per heavy atom. The van der Waals surface area contributed by atoms with E-state index in [0.717, 1.165) is 36.8 Å². The number of nitriles is 1. The summed E-state index contributed by atoms with van der Waals surface area (Å²) < 4.78 is 0. The Labute approximate surface area is 177 Å². The Kier molecular flexibility index (Phi) is 10.9. The molecule has 0 fully saturated rings. The van der Waals surface area contributed by atoms with Gasteiger partial charge in [-0.3, -0.25) is 4.79 Å². The summed E-state index contributed by atoms with van der Waals surface area (Å²) in [5.74, 6) is 0.281. The predicted molar refractivity (Wildman–Crippen MR) is 122 cm³/mol. The van der Waals surface area contributed by atoms with Crippen molar-refractivity contribution in [3.8, 4) is 6.07 Å². The maximum absolute atomic E-state index is 13.2. The molecule has 2 rings (SSSR count). The van der Waals surface area contributed by atoms with Crippen LogP contribution in [0.3, 0.4) is 0 Å². The van der Waals surface area contributed by atoms with Gasteiger partial charge in [-0.1, -0.05) is 80.9 Å². The predicted octanol–water partition coefficient (Wildman–Crippen LogP) is 5.99. The molecule has 0 N–H and O–H groups in total. The van der Waals surface area contributed by atoms with Crippen LogP contribution in [0.4, 0.5) is 0 Å². The summed E-state index contributed by atoms with van der Waals surface area (Å²) in [6.45, 7) is 6.23. The molecule has 1 atom stereocenters. The van der Waals surface area contributed by atoms with E-state index in [0.29, 0.717) is 12.5 Å². The fourth-order valence-electron chi connectivity index (χ4n) is 3.47. The highest BCUT2D eigenvalue weighted by Gasteiger charge is 2.41. The molecule has 29 heavy (non-hydrogen) atoms. The van der Waals surface area contributed by atoms with Gasteiger partial charge >= 0.3 is 0 Å². The molecule has 0 radical (unpaired) electrons. The summed E-state index contributed by atoms with van der Waals surface area (Å²) in [7, 11) is 4.14. The van der Waals surface area contributed by atoms with Crippen LogP contribution in [0.25, 0.3) is 0 Å². The minimum Gasteiger partial charge on any atom is -0.307 e. The zero-order valence-electron chi connectivity index (χ0n) is 18.7. The second kappa shape index (κ2) is 12.9. The van der Waals surface area contributed by atoms with Crippen LogP contribution in [0.1, 0.15) is 64.0 Å². The van der Waals surface area contributed by atoms with Crippen LogP contribution in [0.5, 0.6) is 0 Å². The van der Waals surface area contributed by atoms with Gasteiger partial charge in [-0.2, -0.15) is 5.26 Å². The molecule has 0 aliphatic rings. The van der Waals surface area contributed by atoms with Crippen molar-refractivity contribution in [1.29, 1.82) is 5.26 Å². The molecule has 0 saturated heterocycles. The highest BCUT2D eigenvalue weighted by molar-refractivity contribution is 5.93. The maximum Gasteiger partial charge on any atom is 0.147 e. The van der Waals surface area contributed by atoms with E-state index in [4.69, 9.17) is 5.26 Å². The van der Waals surface area contributed by atoms with Crippen molar-refractivity contribution in [2.75, 3.05) is 14.1 Å². The third-order valence-corrected chi connectivity index (χ3v) is 5.46. The third kappa shape index (κ3) is 6.84. The summed E-state index contributed by atoms with van der Waals surface area (Å²) in [5, 5.41) is 7.95. The number of benzene rings is 2. The SMILES string of the molecule is CCC(=O)C(CC(C)N(C)C)(c1ccccc1)c1ccccc1.CCCCC#N. The smallest absolute Gasteiger partial charge is 0.147 e. The van der Waals surface area contributed by atoms with Crippen molar-refractivity contribution in [3.63, 3.8) is 0 Å². The van der Waals surface area contributed by atoms with Crippen LogP contribution in [-0.2, 0) is 10.2 Å². The molecule has 2 aromatic rings. The van der Waals surface area contributed by atoms with Crippen molar-refractivity contribution in [2.45, 2.75) is 64.3 Å². The van der Waals surface area contributed by atoms with E-state index in [1.54, 1.807) is 0 Å². The monoisotopic (exact) mass is 392 g/mol. The first kappa shape index (κ1) is 24.6.